The zero-order chi connectivity index (χ0) is 23.2. The van der Waals surface area contributed by atoms with Crippen LogP contribution in [0.1, 0.15) is 32.8 Å². The zero-order valence-electron chi connectivity index (χ0n) is 18.6. The number of carbonyl (C=O) groups is 2. The van der Waals surface area contributed by atoms with Crippen molar-refractivity contribution in [1.82, 2.24) is 19.4 Å². The summed E-state index contributed by atoms with van der Waals surface area (Å²) in [6.45, 7) is 3.52. The Kier molecular flexibility index (Phi) is 7.28. The second kappa shape index (κ2) is 10.5. The largest absolute Gasteiger partial charge is 0.385 e. The number of pyridine rings is 1. The van der Waals surface area contributed by atoms with E-state index in [1.807, 2.05) is 10.6 Å². The number of hydrogen-bond acceptors (Lipinski definition) is 7. The van der Waals surface area contributed by atoms with Crippen LogP contribution in [0.5, 0.6) is 0 Å². The van der Waals surface area contributed by atoms with Gasteiger partial charge < -0.3 is 20.1 Å². The van der Waals surface area contributed by atoms with Gasteiger partial charge in [0.2, 0.25) is 5.95 Å². The molecular formula is C23H28N6O4. The van der Waals surface area contributed by atoms with E-state index in [1.54, 1.807) is 42.3 Å². The lowest BCUT2D eigenvalue weighted by atomic mass is 10.1. The molecule has 3 heterocycles. The van der Waals surface area contributed by atoms with E-state index in [0.717, 1.165) is 5.56 Å². The number of hydrogen-bond donors (Lipinski definition) is 2. The Morgan fingerprint density at radius 2 is 2.00 bits per heavy atom. The Balaban J connectivity index is 1.65. The SMILES string of the molecule is COCCCn1c(NC(=O)c2cccc(CN)c2)nc2ccc(C(=O)N3CCOCC3)nc21. The Bertz CT molecular complexity index is 1140. The molecule has 0 atom stereocenters. The molecule has 0 bridgehead atoms. The molecule has 10 nitrogen and oxygen atoms in total. The first kappa shape index (κ1) is 22.8. The van der Waals surface area contributed by atoms with Gasteiger partial charge in [0, 0.05) is 45.5 Å². The van der Waals surface area contributed by atoms with Crippen LogP contribution in [0.4, 0.5) is 5.95 Å². The van der Waals surface area contributed by atoms with Crippen LogP contribution in [-0.4, -0.2) is 71.3 Å². The highest BCUT2D eigenvalue weighted by Crippen LogP contribution is 2.21. The predicted molar refractivity (Wildman–Crippen MR) is 123 cm³/mol. The van der Waals surface area contributed by atoms with Crippen molar-refractivity contribution in [3.63, 3.8) is 0 Å². The summed E-state index contributed by atoms with van der Waals surface area (Å²) >= 11 is 0. The number of morpholine rings is 1. The standard InChI is InChI=1S/C23H28N6O4/c1-32-11-3-8-29-20-18(6-7-19(25-20)22(31)28-9-12-33-13-10-28)26-23(29)27-21(30)17-5-2-4-16(14-17)15-24/h2,4-7,14H,3,8-13,15,24H2,1H3,(H,26,27,30). The normalized spacial score (nSPS) is 13.9. The number of ether oxygens (including phenoxy) is 2. The molecule has 174 valence electrons. The van der Waals surface area contributed by atoms with Crippen molar-refractivity contribution in [2.45, 2.75) is 19.5 Å². The molecule has 1 fully saturated rings. The molecule has 3 N–H and O–H groups in total. The van der Waals surface area contributed by atoms with Crippen LogP contribution in [0.2, 0.25) is 0 Å². The second-order valence-corrected chi connectivity index (χ2v) is 7.74. The summed E-state index contributed by atoms with van der Waals surface area (Å²) in [6, 6.07) is 10.6. The van der Waals surface area contributed by atoms with Gasteiger partial charge in [-0.2, -0.15) is 0 Å². The van der Waals surface area contributed by atoms with Gasteiger partial charge in [-0.25, -0.2) is 9.97 Å². The first-order valence-corrected chi connectivity index (χ1v) is 10.9. The fourth-order valence-electron chi connectivity index (χ4n) is 3.74. The van der Waals surface area contributed by atoms with Crippen LogP contribution in [0.15, 0.2) is 36.4 Å². The summed E-state index contributed by atoms with van der Waals surface area (Å²) in [5, 5.41) is 2.89. The van der Waals surface area contributed by atoms with Crippen molar-refractivity contribution in [2.24, 2.45) is 5.73 Å². The molecular weight excluding hydrogens is 424 g/mol. The third-order valence-electron chi connectivity index (χ3n) is 5.49. The quantitative estimate of drug-likeness (QED) is 0.498. The van der Waals surface area contributed by atoms with E-state index in [4.69, 9.17) is 15.2 Å². The van der Waals surface area contributed by atoms with E-state index < -0.39 is 0 Å². The van der Waals surface area contributed by atoms with Gasteiger partial charge in [0.05, 0.1) is 13.2 Å². The number of rotatable bonds is 8. The molecule has 1 aliphatic heterocycles. The van der Waals surface area contributed by atoms with Crippen molar-refractivity contribution in [3.8, 4) is 0 Å². The van der Waals surface area contributed by atoms with Crippen LogP contribution in [0, 0.1) is 0 Å². The van der Waals surface area contributed by atoms with E-state index in [-0.39, 0.29) is 11.8 Å². The number of aromatic nitrogens is 3. The van der Waals surface area contributed by atoms with Gasteiger partial charge in [-0.1, -0.05) is 12.1 Å². The number of aryl methyl sites for hydroxylation is 1. The number of benzene rings is 1. The number of nitrogens with two attached hydrogens (primary N) is 1. The third kappa shape index (κ3) is 5.19. The summed E-state index contributed by atoms with van der Waals surface area (Å²) in [6.07, 6.45) is 0.691. The molecule has 0 aliphatic carbocycles. The first-order valence-electron chi connectivity index (χ1n) is 10.9. The number of methoxy groups -OCH3 is 1. The fraction of sp³-hybridized carbons (Fsp3) is 0.391. The topological polar surface area (TPSA) is 125 Å². The molecule has 0 radical (unpaired) electrons. The van der Waals surface area contributed by atoms with Crippen LogP contribution < -0.4 is 11.1 Å². The van der Waals surface area contributed by atoms with Crippen molar-refractivity contribution < 1.29 is 19.1 Å². The maximum Gasteiger partial charge on any atom is 0.272 e. The summed E-state index contributed by atoms with van der Waals surface area (Å²) in [5.74, 6) is -0.0695. The molecule has 4 rings (SSSR count). The lowest BCUT2D eigenvalue weighted by molar-refractivity contribution is 0.0299. The van der Waals surface area contributed by atoms with E-state index in [0.29, 0.717) is 80.8 Å². The molecule has 10 heteroatoms. The highest BCUT2D eigenvalue weighted by atomic mass is 16.5. The molecule has 33 heavy (non-hydrogen) atoms. The smallest absolute Gasteiger partial charge is 0.272 e. The van der Waals surface area contributed by atoms with Crippen molar-refractivity contribution >= 4 is 28.9 Å². The number of carbonyl (C=O) groups excluding carboxylic acids is 2. The highest BCUT2D eigenvalue weighted by Gasteiger charge is 2.22. The number of fused-ring (bicyclic) bond motifs is 1. The van der Waals surface area contributed by atoms with Crippen molar-refractivity contribution in [3.05, 3.63) is 53.2 Å². The van der Waals surface area contributed by atoms with Gasteiger partial charge in [-0.05, 0) is 36.2 Å². The fourth-order valence-corrected chi connectivity index (χ4v) is 3.74. The number of nitrogens with one attached hydrogen (secondary N) is 1. The Morgan fingerprint density at radius 3 is 2.76 bits per heavy atom. The lowest BCUT2D eigenvalue weighted by Crippen LogP contribution is -2.41. The number of amides is 2. The van der Waals surface area contributed by atoms with E-state index >= 15 is 0 Å². The van der Waals surface area contributed by atoms with E-state index in [2.05, 4.69) is 15.3 Å². The van der Waals surface area contributed by atoms with Crippen LogP contribution in [-0.2, 0) is 22.6 Å². The minimum Gasteiger partial charge on any atom is -0.385 e. The van der Waals surface area contributed by atoms with Crippen molar-refractivity contribution in [2.75, 3.05) is 45.3 Å². The Hall–Kier alpha value is -3.34. The molecule has 1 aromatic carbocycles. The lowest BCUT2D eigenvalue weighted by Gasteiger charge is -2.26. The molecule has 2 aromatic heterocycles. The molecule has 0 saturated carbocycles. The minimum absolute atomic E-state index is 0.144. The average Bonchev–Trinajstić information content (AvgIpc) is 3.20. The minimum atomic E-state index is -0.293. The van der Waals surface area contributed by atoms with Gasteiger partial charge in [-0.15, -0.1) is 0 Å². The van der Waals surface area contributed by atoms with E-state index in [1.165, 1.54) is 0 Å². The van der Waals surface area contributed by atoms with Crippen LogP contribution in [0.25, 0.3) is 11.2 Å². The third-order valence-corrected chi connectivity index (χ3v) is 5.49. The summed E-state index contributed by atoms with van der Waals surface area (Å²) in [5.41, 5.74) is 8.53. The highest BCUT2D eigenvalue weighted by molar-refractivity contribution is 6.04. The average molecular weight is 453 g/mol. The molecule has 1 aliphatic rings. The predicted octanol–water partition coefficient (Wildman–Crippen LogP) is 1.65. The Labute approximate surface area is 191 Å². The van der Waals surface area contributed by atoms with Gasteiger partial charge >= 0.3 is 0 Å². The maximum absolute atomic E-state index is 12.9. The first-order chi connectivity index (χ1) is 16.1. The maximum atomic E-state index is 12.9. The summed E-state index contributed by atoms with van der Waals surface area (Å²) in [7, 11) is 1.64. The summed E-state index contributed by atoms with van der Waals surface area (Å²) < 4.78 is 12.3. The van der Waals surface area contributed by atoms with Crippen molar-refractivity contribution in [1.29, 1.82) is 0 Å². The monoisotopic (exact) mass is 452 g/mol. The van der Waals surface area contributed by atoms with Crippen LogP contribution >= 0.6 is 0 Å². The van der Waals surface area contributed by atoms with Crippen LogP contribution in [0.3, 0.4) is 0 Å². The van der Waals surface area contributed by atoms with Gasteiger partial charge in [0.25, 0.3) is 11.8 Å². The molecule has 0 unspecified atom stereocenters. The molecule has 2 amide bonds. The zero-order valence-corrected chi connectivity index (χ0v) is 18.6. The summed E-state index contributed by atoms with van der Waals surface area (Å²) in [4.78, 5) is 36.7. The van der Waals surface area contributed by atoms with Gasteiger partial charge in [0.15, 0.2) is 5.65 Å². The molecule has 1 saturated heterocycles. The van der Waals surface area contributed by atoms with Gasteiger partial charge in [-0.3, -0.25) is 19.5 Å². The van der Waals surface area contributed by atoms with Gasteiger partial charge in [0.1, 0.15) is 11.2 Å². The number of anilines is 1. The number of imidazole rings is 1. The second-order valence-electron chi connectivity index (χ2n) is 7.74. The van der Waals surface area contributed by atoms with E-state index in [9.17, 15) is 9.59 Å². The Morgan fingerprint density at radius 1 is 1.18 bits per heavy atom. The molecule has 0 spiro atoms. The number of nitrogens with zero attached hydrogens (tertiary/aromatic N) is 4. The molecule has 3 aromatic rings.